The second-order valence-corrected chi connectivity index (χ2v) is 2.02. The van der Waals surface area contributed by atoms with Crippen LogP contribution < -0.4 is 0 Å². The minimum Gasteiger partial charge on any atom is -0.360 e. The normalized spacial score (nSPS) is 12.5. The molecule has 1 unspecified atom stereocenters. The molecule has 0 aliphatic heterocycles. The first-order valence-electron chi connectivity index (χ1n) is 2.99. The minimum atomic E-state index is -1.99. The smallest absolute Gasteiger partial charge is 0.222 e. The van der Waals surface area contributed by atoms with Crippen molar-refractivity contribution in [3.8, 4) is 0 Å². The Labute approximate surface area is 62.5 Å². The van der Waals surface area contributed by atoms with Crippen molar-refractivity contribution in [3.63, 3.8) is 0 Å². The van der Waals surface area contributed by atoms with Crippen LogP contribution in [0, 0.1) is 4.91 Å². The minimum absolute atomic E-state index is 0.123. The highest BCUT2D eigenvalue weighted by Crippen LogP contribution is 2.18. The largest absolute Gasteiger partial charge is 0.360 e. The quantitative estimate of drug-likeness (QED) is 0.664. The van der Waals surface area contributed by atoms with E-state index < -0.39 is 6.36 Å². The molecule has 0 fully saturated rings. The number of hydrogen-bond donors (Lipinski definition) is 1. The van der Waals surface area contributed by atoms with Crippen LogP contribution in [0.25, 0.3) is 0 Å². The van der Waals surface area contributed by atoms with Gasteiger partial charge in [0.05, 0.1) is 0 Å². The van der Waals surface area contributed by atoms with E-state index in [4.69, 9.17) is 5.11 Å². The van der Waals surface area contributed by atoms with Crippen molar-refractivity contribution in [2.75, 3.05) is 0 Å². The lowest BCUT2D eigenvalue weighted by molar-refractivity contribution is 0.0411. The summed E-state index contributed by atoms with van der Waals surface area (Å²) in [4.78, 5) is 9.88. The van der Waals surface area contributed by atoms with Crippen LogP contribution in [0.3, 0.4) is 0 Å². The molecule has 0 saturated heterocycles. The van der Waals surface area contributed by atoms with Crippen molar-refractivity contribution in [1.82, 2.24) is 0 Å². The molecule has 0 bridgehead atoms. The van der Waals surface area contributed by atoms with Crippen LogP contribution in [0.1, 0.15) is 11.9 Å². The third-order valence-electron chi connectivity index (χ3n) is 1.27. The summed E-state index contributed by atoms with van der Waals surface area (Å²) in [6, 6.07) is 5.29. The van der Waals surface area contributed by atoms with Crippen LogP contribution in [0.4, 0.5) is 10.1 Å². The summed E-state index contributed by atoms with van der Waals surface area (Å²) in [6.07, 6.45) is -1.99. The first-order valence-corrected chi connectivity index (χ1v) is 2.99. The molecule has 4 heteroatoms. The third-order valence-corrected chi connectivity index (χ3v) is 1.27. The molecule has 3 nitrogen and oxygen atoms in total. The number of aliphatic hydroxyl groups excluding tert-OH is 1. The molecule has 1 aromatic carbocycles. The Morgan fingerprint density at radius 1 is 1.36 bits per heavy atom. The summed E-state index contributed by atoms with van der Waals surface area (Å²) in [5.74, 6) is 0. The van der Waals surface area contributed by atoms with Gasteiger partial charge in [0.1, 0.15) is 5.69 Å². The van der Waals surface area contributed by atoms with E-state index in [2.05, 4.69) is 5.18 Å². The number of rotatable bonds is 2. The van der Waals surface area contributed by atoms with E-state index in [1.807, 2.05) is 0 Å². The first-order chi connectivity index (χ1) is 5.24. The maximum atomic E-state index is 12.1. The molecular formula is C7H6FNO2. The van der Waals surface area contributed by atoms with E-state index >= 15 is 0 Å². The average Bonchev–Trinajstić information content (AvgIpc) is 2.05. The third kappa shape index (κ3) is 1.81. The van der Waals surface area contributed by atoms with Crippen molar-refractivity contribution < 1.29 is 9.50 Å². The van der Waals surface area contributed by atoms with Gasteiger partial charge in [-0.2, -0.15) is 0 Å². The zero-order valence-corrected chi connectivity index (χ0v) is 5.57. The predicted molar refractivity (Wildman–Crippen MR) is 38.0 cm³/mol. The second-order valence-electron chi connectivity index (χ2n) is 2.02. The molecule has 0 spiro atoms. The summed E-state index contributed by atoms with van der Waals surface area (Å²) < 4.78 is 12.1. The molecule has 0 radical (unpaired) electrons. The van der Waals surface area contributed by atoms with Gasteiger partial charge in [-0.1, -0.05) is 12.1 Å². The van der Waals surface area contributed by atoms with Crippen molar-refractivity contribution in [2.24, 2.45) is 5.18 Å². The van der Waals surface area contributed by atoms with E-state index in [-0.39, 0.29) is 11.3 Å². The van der Waals surface area contributed by atoms with Crippen LogP contribution >= 0.6 is 0 Å². The van der Waals surface area contributed by atoms with Gasteiger partial charge in [0.15, 0.2) is 0 Å². The number of halogens is 1. The van der Waals surface area contributed by atoms with Crippen LogP contribution in [-0.4, -0.2) is 5.11 Å². The molecule has 0 aromatic heterocycles. The lowest BCUT2D eigenvalue weighted by atomic mass is 10.2. The summed E-state index contributed by atoms with van der Waals surface area (Å²) >= 11 is 0. The molecule has 58 valence electrons. The zero-order chi connectivity index (χ0) is 8.27. The summed E-state index contributed by atoms with van der Waals surface area (Å²) in [5.41, 5.74) is 0.340. The Morgan fingerprint density at radius 2 is 1.91 bits per heavy atom. The highest BCUT2D eigenvalue weighted by molar-refractivity contribution is 5.38. The number of aliphatic hydroxyl groups is 1. The van der Waals surface area contributed by atoms with E-state index in [1.165, 1.54) is 24.3 Å². The van der Waals surface area contributed by atoms with Gasteiger partial charge in [0.2, 0.25) is 6.36 Å². The van der Waals surface area contributed by atoms with E-state index in [1.54, 1.807) is 0 Å². The average molecular weight is 155 g/mol. The fraction of sp³-hybridized carbons (Fsp3) is 0.143. The van der Waals surface area contributed by atoms with Crippen molar-refractivity contribution in [1.29, 1.82) is 0 Å². The molecule has 11 heavy (non-hydrogen) atoms. The Bertz CT molecular complexity index is 245. The summed E-state index contributed by atoms with van der Waals surface area (Å²) in [5, 5.41) is 11.0. The highest BCUT2D eigenvalue weighted by Gasteiger charge is 2.02. The van der Waals surface area contributed by atoms with Crippen LogP contribution in [0.2, 0.25) is 0 Å². The molecule has 0 aliphatic carbocycles. The van der Waals surface area contributed by atoms with Gasteiger partial charge in [0, 0.05) is 5.56 Å². The van der Waals surface area contributed by atoms with Gasteiger partial charge in [-0.3, -0.25) is 0 Å². The lowest BCUT2D eigenvalue weighted by Crippen LogP contribution is -1.86. The molecule has 1 N–H and O–H groups in total. The number of hydrogen-bond acceptors (Lipinski definition) is 3. The molecule has 0 saturated carbocycles. The van der Waals surface area contributed by atoms with Crippen molar-refractivity contribution in [3.05, 3.63) is 34.7 Å². The van der Waals surface area contributed by atoms with Crippen LogP contribution in [0.15, 0.2) is 29.4 Å². The zero-order valence-electron chi connectivity index (χ0n) is 5.57. The first kappa shape index (κ1) is 7.81. The predicted octanol–water partition coefficient (Wildman–Crippen LogP) is 2.04. The van der Waals surface area contributed by atoms with Gasteiger partial charge in [0.25, 0.3) is 0 Å². The van der Waals surface area contributed by atoms with Gasteiger partial charge >= 0.3 is 0 Å². The second kappa shape index (κ2) is 3.21. The lowest BCUT2D eigenvalue weighted by Gasteiger charge is -1.98. The molecule has 0 amide bonds. The summed E-state index contributed by atoms with van der Waals surface area (Å²) in [7, 11) is 0. The highest BCUT2D eigenvalue weighted by atomic mass is 19.1. The maximum Gasteiger partial charge on any atom is 0.222 e. The fourth-order valence-electron chi connectivity index (χ4n) is 0.694. The fourth-order valence-corrected chi connectivity index (χ4v) is 0.694. The van der Waals surface area contributed by atoms with E-state index in [0.29, 0.717) is 0 Å². The van der Waals surface area contributed by atoms with Crippen molar-refractivity contribution >= 4 is 5.69 Å². The number of alkyl halides is 1. The topological polar surface area (TPSA) is 49.7 Å². The number of nitroso groups, excluding NO2 is 1. The summed E-state index contributed by atoms with van der Waals surface area (Å²) in [6.45, 7) is 0. The van der Waals surface area contributed by atoms with Gasteiger partial charge in [-0.25, -0.2) is 4.39 Å². The maximum absolute atomic E-state index is 12.1. The van der Waals surface area contributed by atoms with Gasteiger partial charge in [-0.15, -0.1) is 4.91 Å². The van der Waals surface area contributed by atoms with Crippen LogP contribution in [0.5, 0.6) is 0 Å². The Kier molecular flexibility index (Phi) is 2.28. The van der Waals surface area contributed by atoms with Gasteiger partial charge < -0.3 is 5.11 Å². The van der Waals surface area contributed by atoms with Crippen molar-refractivity contribution in [2.45, 2.75) is 6.36 Å². The molecule has 1 atom stereocenters. The van der Waals surface area contributed by atoms with Crippen LogP contribution in [-0.2, 0) is 0 Å². The Hall–Kier alpha value is -1.29. The molecule has 0 heterocycles. The Morgan fingerprint density at radius 3 is 2.27 bits per heavy atom. The van der Waals surface area contributed by atoms with E-state index in [0.717, 1.165) is 0 Å². The molecule has 0 aliphatic rings. The molecule has 1 aromatic rings. The standard InChI is InChI=1S/C7H6FNO2/c8-7(10)5-1-3-6(9-11)4-2-5/h1-4,7,10H. The molecule has 1 rings (SSSR count). The monoisotopic (exact) mass is 155 g/mol. The molecular weight excluding hydrogens is 149 g/mol. The SMILES string of the molecule is O=Nc1ccc(C(O)F)cc1. The Balaban J connectivity index is 2.91. The van der Waals surface area contributed by atoms with Gasteiger partial charge in [-0.05, 0) is 17.3 Å². The van der Waals surface area contributed by atoms with E-state index in [9.17, 15) is 9.30 Å². The number of benzene rings is 1. The number of nitrogens with zero attached hydrogens (tertiary/aromatic N) is 1.